The van der Waals surface area contributed by atoms with Gasteiger partial charge in [-0.3, -0.25) is 4.79 Å². The Bertz CT molecular complexity index is 413. The maximum Gasteiger partial charge on any atom is 0.162 e. The predicted molar refractivity (Wildman–Crippen MR) is 81.9 cm³/mol. The van der Waals surface area contributed by atoms with E-state index in [4.69, 9.17) is 9.47 Å². The summed E-state index contributed by atoms with van der Waals surface area (Å²) in [6, 6.07) is 5.49. The number of ether oxygens (including phenoxy) is 2. The first-order valence-electron chi connectivity index (χ1n) is 7.65. The van der Waals surface area contributed by atoms with E-state index in [9.17, 15) is 4.79 Å². The highest BCUT2D eigenvalue weighted by atomic mass is 16.5. The van der Waals surface area contributed by atoms with Gasteiger partial charge in [-0.2, -0.15) is 0 Å². The van der Waals surface area contributed by atoms with Gasteiger partial charge in [0.05, 0.1) is 13.2 Å². The van der Waals surface area contributed by atoms with Crippen molar-refractivity contribution in [3.05, 3.63) is 23.8 Å². The first-order chi connectivity index (χ1) is 9.71. The lowest BCUT2D eigenvalue weighted by Gasteiger charge is -2.11. The molecule has 0 saturated heterocycles. The summed E-state index contributed by atoms with van der Waals surface area (Å²) in [4.78, 5) is 11.9. The molecule has 1 aromatic rings. The lowest BCUT2D eigenvalue weighted by atomic mass is 10.1. The molecule has 0 amide bonds. The van der Waals surface area contributed by atoms with Gasteiger partial charge in [0.1, 0.15) is 11.5 Å². The average Bonchev–Trinajstić information content (AvgIpc) is 2.48. The van der Waals surface area contributed by atoms with Gasteiger partial charge in [-0.25, -0.2) is 0 Å². The largest absolute Gasteiger partial charge is 0.493 e. The molecule has 0 heterocycles. The van der Waals surface area contributed by atoms with Crippen molar-refractivity contribution in [2.45, 2.75) is 52.9 Å². The summed E-state index contributed by atoms with van der Waals surface area (Å²) >= 11 is 0. The van der Waals surface area contributed by atoms with Crippen LogP contribution in [0.3, 0.4) is 0 Å². The van der Waals surface area contributed by atoms with Crippen molar-refractivity contribution < 1.29 is 14.3 Å². The molecule has 0 aliphatic rings. The lowest BCUT2D eigenvalue weighted by Crippen LogP contribution is -2.03. The number of carbonyl (C=O) groups is 1. The zero-order valence-corrected chi connectivity index (χ0v) is 12.9. The van der Waals surface area contributed by atoms with Crippen LogP contribution in [0, 0.1) is 0 Å². The van der Waals surface area contributed by atoms with E-state index in [1.807, 2.05) is 19.1 Å². The molecule has 0 aromatic heterocycles. The van der Waals surface area contributed by atoms with E-state index in [-0.39, 0.29) is 5.78 Å². The van der Waals surface area contributed by atoms with Gasteiger partial charge in [-0.05, 0) is 25.0 Å². The van der Waals surface area contributed by atoms with Crippen LogP contribution >= 0.6 is 0 Å². The molecule has 0 bridgehead atoms. The number of benzene rings is 1. The maximum atomic E-state index is 11.9. The molecule has 20 heavy (non-hydrogen) atoms. The van der Waals surface area contributed by atoms with Crippen molar-refractivity contribution in [2.75, 3.05) is 13.2 Å². The van der Waals surface area contributed by atoms with E-state index in [2.05, 4.69) is 13.8 Å². The highest BCUT2D eigenvalue weighted by Crippen LogP contribution is 2.24. The highest BCUT2D eigenvalue weighted by molar-refractivity contribution is 5.96. The van der Waals surface area contributed by atoms with Crippen LogP contribution in [0.1, 0.15) is 63.2 Å². The number of hydrogen-bond donors (Lipinski definition) is 0. The van der Waals surface area contributed by atoms with Crippen molar-refractivity contribution in [3.63, 3.8) is 0 Å². The number of hydrogen-bond acceptors (Lipinski definition) is 3. The molecular weight excluding hydrogens is 252 g/mol. The minimum Gasteiger partial charge on any atom is -0.493 e. The van der Waals surface area contributed by atoms with E-state index >= 15 is 0 Å². The lowest BCUT2D eigenvalue weighted by molar-refractivity contribution is 0.0987. The molecule has 0 aliphatic heterocycles. The van der Waals surface area contributed by atoms with E-state index in [1.54, 1.807) is 6.07 Å². The normalized spacial score (nSPS) is 10.3. The molecule has 0 N–H and O–H groups in total. The minimum absolute atomic E-state index is 0.116. The first kappa shape index (κ1) is 16.5. The third kappa shape index (κ3) is 5.64. The molecule has 112 valence electrons. The van der Waals surface area contributed by atoms with Crippen molar-refractivity contribution in [2.24, 2.45) is 0 Å². The van der Waals surface area contributed by atoms with Crippen LogP contribution in [0.25, 0.3) is 0 Å². The van der Waals surface area contributed by atoms with Crippen molar-refractivity contribution in [3.8, 4) is 11.5 Å². The van der Waals surface area contributed by atoms with Crippen molar-refractivity contribution in [1.82, 2.24) is 0 Å². The van der Waals surface area contributed by atoms with Gasteiger partial charge in [-0.15, -0.1) is 0 Å². The van der Waals surface area contributed by atoms with Crippen molar-refractivity contribution >= 4 is 5.78 Å². The molecule has 0 radical (unpaired) electrons. The fourth-order valence-corrected chi connectivity index (χ4v) is 1.87. The Kier molecular flexibility index (Phi) is 7.78. The summed E-state index contributed by atoms with van der Waals surface area (Å²) in [6.07, 6.45) is 4.80. The summed E-state index contributed by atoms with van der Waals surface area (Å²) in [5.74, 6) is 1.56. The second-order valence-electron chi connectivity index (χ2n) is 4.87. The Morgan fingerprint density at radius 2 is 1.55 bits per heavy atom. The molecule has 0 aliphatic carbocycles. The van der Waals surface area contributed by atoms with E-state index in [0.717, 1.165) is 30.8 Å². The summed E-state index contributed by atoms with van der Waals surface area (Å²) in [7, 11) is 0. The number of carbonyl (C=O) groups excluding carboxylic acids is 1. The maximum absolute atomic E-state index is 11.9. The minimum atomic E-state index is 0.116. The molecule has 1 aromatic carbocycles. The van der Waals surface area contributed by atoms with Gasteiger partial charge >= 0.3 is 0 Å². The third-order valence-electron chi connectivity index (χ3n) is 3.01. The Balaban J connectivity index is 2.77. The molecule has 0 spiro atoms. The van der Waals surface area contributed by atoms with Gasteiger partial charge in [0.2, 0.25) is 0 Å². The molecule has 3 nitrogen and oxygen atoms in total. The highest BCUT2D eigenvalue weighted by Gasteiger charge is 2.08. The van der Waals surface area contributed by atoms with Gasteiger partial charge < -0.3 is 9.47 Å². The molecule has 1 rings (SSSR count). The fourth-order valence-electron chi connectivity index (χ4n) is 1.87. The summed E-state index contributed by atoms with van der Waals surface area (Å²) in [5.41, 5.74) is 0.673. The van der Waals surface area contributed by atoms with Gasteiger partial charge in [-0.1, -0.05) is 33.6 Å². The molecule has 3 heteroatoms. The fraction of sp³-hybridized carbons (Fsp3) is 0.588. The van der Waals surface area contributed by atoms with E-state index in [0.29, 0.717) is 25.2 Å². The second-order valence-corrected chi connectivity index (χ2v) is 4.87. The van der Waals surface area contributed by atoms with Crippen LogP contribution in [-0.4, -0.2) is 19.0 Å². The van der Waals surface area contributed by atoms with Gasteiger partial charge in [0.25, 0.3) is 0 Å². The molecule has 0 fully saturated rings. The summed E-state index contributed by atoms with van der Waals surface area (Å²) < 4.78 is 11.4. The monoisotopic (exact) mass is 278 g/mol. The zero-order chi connectivity index (χ0) is 14.8. The van der Waals surface area contributed by atoms with Crippen molar-refractivity contribution in [1.29, 1.82) is 0 Å². The Labute approximate surface area is 122 Å². The second kappa shape index (κ2) is 9.40. The van der Waals surface area contributed by atoms with Crippen LogP contribution in [-0.2, 0) is 0 Å². The van der Waals surface area contributed by atoms with Crippen LogP contribution in [0.4, 0.5) is 0 Å². The molecule has 0 atom stereocenters. The number of rotatable bonds is 10. The van der Waals surface area contributed by atoms with E-state index < -0.39 is 0 Å². The zero-order valence-electron chi connectivity index (χ0n) is 12.9. The Hall–Kier alpha value is -1.51. The Morgan fingerprint density at radius 1 is 0.900 bits per heavy atom. The van der Waals surface area contributed by atoms with Crippen LogP contribution in [0.15, 0.2) is 18.2 Å². The predicted octanol–water partition coefficient (Wildman–Crippen LogP) is 4.64. The van der Waals surface area contributed by atoms with Gasteiger partial charge in [0, 0.05) is 18.1 Å². The molecule has 0 unspecified atom stereocenters. The molecular formula is C17H26O3. The number of unbranched alkanes of at least 4 members (excludes halogenated alkanes) is 2. The van der Waals surface area contributed by atoms with E-state index in [1.165, 1.54) is 6.42 Å². The number of Topliss-reactive ketones (excluding diaryl/α,β-unsaturated/α-hetero) is 1. The topological polar surface area (TPSA) is 35.5 Å². The van der Waals surface area contributed by atoms with Crippen LogP contribution in [0.2, 0.25) is 0 Å². The molecule has 0 saturated carbocycles. The van der Waals surface area contributed by atoms with Crippen LogP contribution < -0.4 is 9.47 Å². The number of ketones is 1. The Morgan fingerprint density at radius 3 is 2.10 bits per heavy atom. The smallest absolute Gasteiger partial charge is 0.162 e. The van der Waals surface area contributed by atoms with Gasteiger partial charge in [0.15, 0.2) is 5.78 Å². The first-order valence-corrected chi connectivity index (χ1v) is 7.65. The van der Waals surface area contributed by atoms with Crippen LogP contribution in [0.5, 0.6) is 11.5 Å². The average molecular weight is 278 g/mol. The summed E-state index contributed by atoms with van der Waals surface area (Å²) in [6.45, 7) is 7.42. The quantitative estimate of drug-likeness (QED) is 0.462. The SMILES string of the molecule is CCCCCOc1cc(OCCC)cc(C(=O)CC)c1. The summed E-state index contributed by atoms with van der Waals surface area (Å²) in [5, 5.41) is 0. The standard InChI is InChI=1S/C17H26O3/c1-4-7-8-10-20-16-12-14(17(18)6-3)11-15(13-16)19-9-5-2/h11-13H,4-10H2,1-3H3. The third-order valence-corrected chi connectivity index (χ3v) is 3.01.